The Hall–Kier alpha value is -0.370. The van der Waals surface area contributed by atoms with Crippen LogP contribution in [-0.2, 0) is 0 Å². The molecule has 0 aliphatic rings. The zero-order valence-corrected chi connectivity index (χ0v) is 13.3. The summed E-state index contributed by atoms with van der Waals surface area (Å²) in [5.41, 5.74) is 0. The van der Waals surface area contributed by atoms with E-state index in [2.05, 4.69) is 20.2 Å². The topological polar surface area (TPSA) is 51.6 Å². The van der Waals surface area contributed by atoms with Gasteiger partial charge >= 0.3 is 0 Å². The molecule has 0 saturated heterocycles. The second kappa shape index (κ2) is 6.18. The standard InChI is InChI=1S/C10H11ClN4S3/c1-5(2)8-12-6(11)4-7(13-8)17-10-15-14-9(16-3)18-10/h4-5H,1-3H3. The Labute approximate surface area is 123 Å². The van der Waals surface area contributed by atoms with E-state index >= 15 is 0 Å². The zero-order chi connectivity index (χ0) is 13.1. The van der Waals surface area contributed by atoms with Gasteiger partial charge in [0.05, 0.1) is 0 Å². The van der Waals surface area contributed by atoms with Crippen LogP contribution in [0.3, 0.4) is 0 Å². The van der Waals surface area contributed by atoms with E-state index < -0.39 is 0 Å². The maximum Gasteiger partial charge on any atom is 0.181 e. The highest BCUT2D eigenvalue weighted by molar-refractivity contribution is 8.02. The van der Waals surface area contributed by atoms with Crippen LogP contribution in [0, 0.1) is 0 Å². The van der Waals surface area contributed by atoms with Gasteiger partial charge in [0.1, 0.15) is 16.0 Å². The van der Waals surface area contributed by atoms with E-state index in [1.165, 1.54) is 11.8 Å². The maximum absolute atomic E-state index is 5.99. The van der Waals surface area contributed by atoms with Crippen molar-refractivity contribution in [2.24, 2.45) is 0 Å². The van der Waals surface area contributed by atoms with Gasteiger partial charge in [-0.15, -0.1) is 10.2 Å². The largest absolute Gasteiger partial charge is 0.226 e. The summed E-state index contributed by atoms with van der Waals surface area (Å²) in [7, 11) is 0. The molecule has 0 aliphatic heterocycles. The molecule has 0 radical (unpaired) electrons. The first kappa shape index (κ1) is 14.0. The van der Waals surface area contributed by atoms with Crippen LogP contribution in [0.15, 0.2) is 19.8 Å². The van der Waals surface area contributed by atoms with E-state index in [0.717, 1.165) is 19.5 Å². The molecule has 4 nitrogen and oxygen atoms in total. The van der Waals surface area contributed by atoms with Crippen LogP contribution in [0.4, 0.5) is 0 Å². The highest BCUT2D eigenvalue weighted by Gasteiger charge is 2.11. The third kappa shape index (κ3) is 3.57. The first-order chi connectivity index (χ1) is 8.58. The van der Waals surface area contributed by atoms with Crippen LogP contribution in [-0.4, -0.2) is 26.4 Å². The Balaban J connectivity index is 2.23. The van der Waals surface area contributed by atoms with E-state index in [4.69, 9.17) is 11.6 Å². The van der Waals surface area contributed by atoms with Gasteiger partial charge in [-0.25, -0.2) is 9.97 Å². The summed E-state index contributed by atoms with van der Waals surface area (Å²) < 4.78 is 1.81. The molecule has 0 aromatic carbocycles. The van der Waals surface area contributed by atoms with Crippen molar-refractivity contribution in [1.82, 2.24) is 20.2 Å². The van der Waals surface area contributed by atoms with Crippen molar-refractivity contribution in [3.8, 4) is 0 Å². The minimum Gasteiger partial charge on any atom is -0.226 e. The molecule has 0 fully saturated rings. The first-order valence-corrected chi connectivity index (χ1v) is 8.42. The van der Waals surface area contributed by atoms with Crippen molar-refractivity contribution >= 4 is 46.5 Å². The molecule has 0 saturated carbocycles. The lowest BCUT2D eigenvalue weighted by Gasteiger charge is -2.05. The molecule has 2 aromatic heterocycles. The monoisotopic (exact) mass is 318 g/mol. The Morgan fingerprint density at radius 1 is 1.22 bits per heavy atom. The number of nitrogens with zero attached hydrogens (tertiary/aromatic N) is 4. The summed E-state index contributed by atoms with van der Waals surface area (Å²) in [6.07, 6.45) is 1.98. The van der Waals surface area contributed by atoms with Crippen molar-refractivity contribution in [2.75, 3.05) is 6.26 Å². The first-order valence-electron chi connectivity index (χ1n) is 5.18. The lowest BCUT2D eigenvalue weighted by molar-refractivity contribution is 0.753. The molecule has 2 heterocycles. The van der Waals surface area contributed by atoms with Crippen LogP contribution in [0.5, 0.6) is 0 Å². The van der Waals surface area contributed by atoms with Gasteiger partial charge in [-0.05, 0) is 18.0 Å². The van der Waals surface area contributed by atoms with Gasteiger partial charge in [-0.1, -0.05) is 48.5 Å². The molecule has 0 bridgehead atoms. The third-order valence-electron chi connectivity index (χ3n) is 1.96. The van der Waals surface area contributed by atoms with Gasteiger partial charge < -0.3 is 0 Å². The Kier molecular flexibility index (Phi) is 4.83. The van der Waals surface area contributed by atoms with Gasteiger partial charge in [-0.3, -0.25) is 0 Å². The molecule has 0 amide bonds. The Bertz CT molecular complexity index is 544. The molecule has 0 N–H and O–H groups in total. The highest BCUT2D eigenvalue weighted by Crippen LogP contribution is 2.32. The van der Waals surface area contributed by atoms with Gasteiger partial charge in [0.2, 0.25) is 0 Å². The van der Waals surface area contributed by atoms with Gasteiger partial charge in [-0.2, -0.15) is 0 Å². The molecular formula is C10H11ClN4S3. The van der Waals surface area contributed by atoms with Crippen molar-refractivity contribution in [2.45, 2.75) is 33.5 Å². The molecule has 96 valence electrons. The lowest BCUT2D eigenvalue weighted by Crippen LogP contribution is -1.98. The number of hydrogen-bond acceptors (Lipinski definition) is 7. The molecule has 0 atom stereocenters. The van der Waals surface area contributed by atoms with Gasteiger partial charge in [0, 0.05) is 12.0 Å². The smallest absolute Gasteiger partial charge is 0.181 e. The molecule has 18 heavy (non-hydrogen) atoms. The average Bonchev–Trinajstić information content (AvgIpc) is 2.76. The quantitative estimate of drug-likeness (QED) is 0.628. The van der Waals surface area contributed by atoms with Gasteiger partial charge in [0.25, 0.3) is 0 Å². The fraction of sp³-hybridized carbons (Fsp3) is 0.400. The Morgan fingerprint density at radius 3 is 2.56 bits per heavy atom. The van der Waals surface area contributed by atoms with Crippen LogP contribution >= 0.6 is 46.5 Å². The van der Waals surface area contributed by atoms with Gasteiger partial charge in [0.15, 0.2) is 8.68 Å². The summed E-state index contributed by atoms with van der Waals surface area (Å²) in [4.78, 5) is 8.66. The number of rotatable bonds is 4. The molecule has 2 aromatic rings. The minimum absolute atomic E-state index is 0.249. The fourth-order valence-corrected chi connectivity index (χ4v) is 3.78. The summed E-state index contributed by atoms with van der Waals surface area (Å²) in [6, 6.07) is 1.75. The third-order valence-corrected chi connectivity index (χ3v) is 5.02. The summed E-state index contributed by atoms with van der Waals surface area (Å²) in [6.45, 7) is 4.08. The molecule has 8 heteroatoms. The summed E-state index contributed by atoms with van der Waals surface area (Å²) in [5, 5.41) is 9.41. The molecule has 0 aliphatic carbocycles. The van der Waals surface area contributed by atoms with Crippen LogP contribution < -0.4 is 0 Å². The molecular weight excluding hydrogens is 308 g/mol. The molecule has 0 unspecified atom stereocenters. The van der Waals surface area contributed by atoms with Crippen LogP contribution in [0.25, 0.3) is 0 Å². The number of hydrogen-bond donors (Lipinski definition) is 0. The van der Waals surface area contributed by atoms with Crippen LogP contribution in [0.1, 0.15) is 25.6 Å². The second-order valence-electron chi connectivity index (χ2n) is 3.68. The van der Waals surface area contributed by atoms with Crippen molar-refractivity contribution < 1.29 is 0 Å². The highest BCUT2D eigenvalue weighted by atomic mass is 35.5. The number of aromatic nitrogens is 4. The predicted molar refractivity (Wildman–Crippen MR) is 76.9 cm³/mol. The number of thioether (sulfide) groups is 1. The fourth-order valence-electron chi connectivity index (χ4n) is 1.13. The van der Waals surface area contributed by atoms with Crippen molar-refractivity contribution in [3.63, 3.8) is 0 Å². The SMILES string of the molecule is CSc1nnc(Sc2cc(Cl)nc(C(C)C)n2)s1. The Morgan fingerprint density at radius 2 is 1.94 bits per heavy atom. The van der Waals surface area contributed by atoms with E-state index in [1.807, 2.05) is 20.1 Å². The zero-order valence-electron chi connectivity index (χ0n) is 10.0. The molecule has 0 spiro atoms. The molecule has 2 rings (SSSR count). The predicted octanol–water partition coefficient (Wildman–Crippen LogP) is 3.98. The summed E-state index contributed by atoms with van der Waals surface area (Å²) in [5.74, 6) is 0.999. The summed E-state index contributed by atoms with van der Waals surface area (Å²) >= 11 is 10.6. The van der Waals surface area contributed by atoms with E-state index in [0.29, 0.717) is 5.15 Å². The lowest BCUT2D eigenvalue weighted by atomic mass is 10.2. The van der Waals surface area contributed by atoms with Crippen molar-refractivity contribution in [1.29, 1.82) is 0 Å². The minimum atomic E-state index is 0.249. The number of halogens is 1. The van der Waals surface area contributed by atoms with E-state index in [9.17, 15) is 0 Å². The van der Waals surface area contributed by atoms with Crippen LogP contribution in [0.2, 0.25) is 5.15 Å². The van der Waals surface area contributed by atoms with E-state index in [1.54, 1.807) is 29.2 Å². The van der Waals surface area contributed by atoms with Crippen molar-refractivity contribution in [3.05, 3.63) is 17.0 Å². The van der Waals surface area contributed by atoms with E-state index in [-0.39, 0.29) is 5.92 Å². The second-order valence-corrected chi connectivity index (χ2v) is 7.37. The average molecular weight is 319 g/mol. The maximum atomic E-state index is 5.99. The normalized spacial score (nSPS) is 11.2.